The summed E-state index contributed by atoms with van der Waals surface area (Å²) in [6.07, 6.45) is 3.55. The van der Waals surface area contributed by atoms with E-state index >= 15 is 0 Å². The quantitative estimate of drug-likeness (QED) is 0.772. The maximum atomic E-state index is 12.8. The van der Waals surface area contributed by atoms with Crippen LogP contribution < -0.4 is 0 Å². The topological polar surface area (TPSA) is 92.8 Å². The van der Waals surface area contributed by atoms with Gasteiger partial charge in [0.05, 0.1) is 16.8 Å². The van der Waals surface area contributed by atoms with Crippen molar-refractivity contribution in [1.82, 2.24) is 5.16 Å². The first kappa shape index (κ1) is 19.3. The van der Waals surface area contributed by atoms with E-state index in [0.29, 0.717) is 73.2 Å². The number of aliphatic hydroxyl groups excluding tert-OH is 1. The summed E-state index contributed by atoms with van der Waals surface area (Å²) in [5.74, 6) is 0.828. The van der Waals surface area contributed by atoms with E-state index in [2.05, 4.69) is 10.1 Å². The van der Waals surface area contributed by atoms with Crippen molar-refractivity contribution >= 4 is 17.3 Å². The Bertz CT molecular complexity index is 1000. The van der Waals surface area contributed by atoms with Gasteiger partial charge in [-0.15, -0.1) is 0 Å². The number of benzene rings is 1. The van der Waals surface area contributed by atoms with Crippen molar-refractivity contribution in [3.05, 3.63) is 64.2 Å². The van der Waals surface area contributed by atoms with Gasteiger partial charge in [0.1, 0.15) is 11.5 Å². The van der Waals surface area contributed by atoms with Crippen molar-refractivity contribution in [3.63, 3.8) is 0 Å². The molecule has 0 amide bonds. The van der Waals surface area contributed by atoms with Crippen molar-refractivity contribution in [2.45, 2.75) is 50.9 Å². The predicted octanol–water partition coefficient (Wildman–Crippen LogP) is 4.16. The van der Waals surface area contributed by atoms with Gasteiger partial charge in [0.2, 0.25) is 0 Å². The van der Waals surface area contributed by atoms with E-state index in [1.54, 1.807) is 7.05 Å². The van der Waals surface area contributed by atoms with Crippen LogP contribution in [-0.4, -0.2) is 34.6 Å². The van der Waals surface area contributed by atoms with Gasteiger partial charge in [-0.25, -0.2) is 0 Å². The van der Waals surface area contributed by atoms with Crippen molar-refractivity contribution in [1.29, 1.82) is 0 Å². The van der Waals surface area contributed by atoms with Gasteiger partial charge in [-0.3, -0.25) is 14.6 Å². The third-order valence-corrected chi connectivity index (χ3v) is 5.79. The molecule has 1 atom stereocenters. The number of rotatable bonds is 5. The maximum absolute atomic E-state index is 12.8. The summed E-state index contributed by atoms with van der Waals surface area (Å²) in [5.41, 5.74) is 3.23. The van der Waals surface area contributed by atoms with Gasteiger partial charge in [0.15, 0.2) is 11.6 Å². The Kier molecular flexibility index (Phi) is 5.43. The summed E-state index contributed by atoms with van der Waals surface area (Å²) in [5, 5.41) is 14.3. The fraction of sp³-hybridized carbons (Fsp3) is 0.391. The fourth-order valence-corrected chi connectivity index (χ4v) is 4.31. The summed E-state index contributed by atoms with van der Waals surface area (Å²) in [6.45, 7) is 0. The SMILES string of the molecule is CN=C(CCc1noc2c1C(=O)CC(c1ccccc1)C2)C1=C(O)CCCC1=O. The molecule has 0 fully saturated rings. The summed E-state index contributed by atoms with van der Waals surface area (Å²) >= 11 is 0. The van der Waals surface area contributed by atoms with Crippen LogP contribution in [0.15, 0.2) is 51.2 Å². The van der Waals surface area contributed by atoms with Crippen LogP contribution >= 0.6 is 0 Å². The Morgan fingerprint density at radius 3 is 2.69 bits per heavy atom. The number of aromatic nitrogens is 1. The summed E-state index contributed by atoms with van der Waals surface area (Å²) < 4.78 is 5.52. The van der Waals surface area contributed by atoms with Gasteiger partial charge < -0.3 is 9.63 Å². The highest BCUT2D eigenvalue weighted by Crippen LogP contribution is 2.34. The van der Waals surface area contributed by atoms with E-state index in [1.165, 1.54) is 0 Å². The van der Waals surface area contributed by atoms with E-state index in [1.807, 2.05) is 30.3 Å². The molecule has 0 aliphatic heterocycles. The Hall–Kier alpha value is -3.02. The minimum Gasteiger partial charge on any atom is -0.511 e. The molecule has 1 unspecified atom stereocenters. The number of hydrogen-bond donors (Lipinski definition) is 1. The second-order valence-electron chi connectivity index (χ2n) is 7.64. The number of hydrogen-bond acceptors (Lipinski definition) is 6. The molecule has 6 heteroatoms. The molecule has 0 bridgehead atoms. The molecule has 150 valence electrons. The number of carbonyl (C=O) groups excluding carboxylic acids is 2. The minimum atomic E-state index is -0.0710. The van der Waals surface area contributed by atoms with Crippen molar-refractivity contribution in [2.75, 3.05) is 7.05 Å². The molecule has 6 nitrogen and oxygen atoms in total. The van der Waals surface area contributed by atoms with Crippen LogP contribution in [0.25, 0.3) is 0 Å². The van der Waals surface area contributed by atoms with Gasteiger partial charge in [-0.1, -0.05) is 35.5 Å². The molecule has 0 saturated heterocycles. The summed E-state index contributed by atoms with van der Waals surface area (Å²) in [4.78, 5) is 29.3. The second-order valence-corrected chi connectivity index (χ2v) is 7.64. The van der Waals surface area contributed by atoms with Crippen molar-refractivity contribution in [2.24, 2.45) is 4.99 Å². The van der Waals surface area contributed by atoms with Crippen LogP contribution in [0.3, 0.4) is 0 Å². The lowest BCUT2D eigenvalue weighted by atomic mass is 9.81. The highest BCUT2D eigenvalue weighted by atomic mass is 16.5. The van der Waals surface area contributed by atoms with Gasteiger partial charge in [0.25, 0.3) is 0 Å². The number of aliphatic imine (C=N–C) groups is 1. The van der Waals surface area contributed by atoms with Gasteiger partial charge >= 0.3 is 0 Å². The molecule has 1 N–H and O–H groups in total. The molecule has 1 aromatic carbocycles. The van der Waals surface area contributed by atoms with Crippen LogP contribution in [0.5, 0.6) is 0 Å². The van der Waals surface area contributed by atoms with Crippen LogP contribution in [0.1, 0.15) is 65.4 Å². The highest BCUT2D eigenvalue weighted by molar-refractivity contribution is 6.23. The Morgan fingerprint density at radius 2 is 1.97 bits per heavy atom. The molecular weight excluding hydrogens is 368 g/mol. The van der Waals surface area contributed by atoms with E-state index < -0.39 is 0 Å². The number of allylic oxidation sites excluding steroid dienone is 2. The molecule has 4 rings (SSSR count). The largest absolute Gasteiger partial charge is 0.511 e. The van der Waals surface area contributed by atoms with Crippen LogP contribution in [-0.2, 0) is 17.6 Å². The fourth-order valence-electron chi connectivity index (χ4n) is 4.31. The van der Waals surface area contributed by atoms with Crippen molar-refractivity contribution in [3.8, 4) is 0 Å². The Labute approximate surface area is 169 Å². The van der Waals surface area contributed by atoms with E-state index in [4.69, 9.17) is 4.52 Å². The molecule has 0 saturated carbocycles. The lowest BCUT2D eigenvalue weighted by Gasteiger charge is -2.20. The number of aliphatic hydroxyl groups is 1. The van der Waals surface area contributed by atoms with E-state index in [-0.39, 0.29) is 23.2 Å². The first-order chi connectivity index (χ1) is 14.1. The highest BCUT2D eigenvalue weighted by Gasteiger charge is 2.33. The second kappa shape index (κ2) is 8.15. The third kappa shape index (κ3) is 3.79. The molecule has 1 aromatic heterocycles. The zero-order valence-electron chi connectivity index (χ0n) is 16.5. The average Bonchev–Trinajstić information content (AvgIpc) is 3.14. The van der Waals surface area contributed by atoms with Gasteiger partial charge in [-0.05, 0) is 30.7 Å². The van der Waals surface area contributed by atoms with E-state index in [9.17, 15) is 14.7 Å². The Balaban J connectivity index is 1.52. The third-order valence-electron chi connectivity index (χ3n) is 5.79. The molecule has 2 aliphatic carbocycles. The molecule has 0 spiro atoms. The first-order valence-corrected chi connectivity index (χ1v) is 10.1. The number of fused-ring (bicyclic) bond motifs is 1. The van der Waals surface area contributed by atoms with Gasteiger partial charge in [0, 0.05) is 38.4 Å². The lowest BCUT2D eigenvalue weighted by Crippen LogP contribution is -2.21. The number of aryl methyl sites for hydroxylation is 1. The molecular formula is C23H24N2O4. The molecule has 2 aliphatic rings. The zero-order chi connectivity index (χ0) is 20.4. The molecule has 1 heterocycles. The van der Waals surface area contributed by atoms with Crippen LogP contribution in [0.2, 0.25) is 0 Å². The Morgan fingerprint density at radius 1 is 1.17 bits per heavy atom. The molecule has 2 aromatic rings. The maximum Gasteiger partial charge on any atom is 0.168 e. The number of carbonyl (C=O) groups is 2. The zero-order valence-corrected chi connectivity index (χ0v) is 16.5. The normalized spacial score (nSPS) is 20.2. The molecule has 29 heavy (non-hydrogen) atoms. The average molecular weight is 392 g/mol. The minimum absolute atomic E-state index is 0.0437. The smallest absolute Gasteiger partial charge is 0.168 e. The molecule has 0 radical (unpaired) electrons. The monoisotopic (exact) mass is 392 g/mol. The van der Waals surface area contributed by atoms with Crippen LogP contribution in [0.4, 0.5) is 0 Å². The number of Topliss-reactive ketones (excluding diaryl/α,β-unsaturated/α-hetero) is 2. The standard InChI is InChI=1S/C23H24N2O4/c1-24-16(22-18(26)8-5-9-19(22)27)10-11-17-23-20(28)12-15(13-21(23)29-25-17)14-6-3-2-4-7-14/h2-4,6-7,15,26H,5,8-13H2,1H3. The summed E-state index contributed by atoms with van der Waals surface area (Å²) in [6, 6.07) is 9.98. The first-order valence-electron chi connectivity index (χ1n) is 10.1. The van der Waals surface area contributed by atoms with E-state index in [0.717, 1.165) is 5.56 Å². The van der Waals surface area contributed by atoms with Crippen molar-refractivity contribution < 1.29 is 19.2 Å². The van der Waals surface area contributed by atoms with Gasteiger partial charge in [-0.2, -0.15) is 0 Å². The summed E-state index contributed by atoms with van der Waals surface area (Å²) in [7, 11) is 1.62. The van der Waals surface area contributed by atoms with Crippen LogP contribution in [0, 0.1) is 0 Å². The number of ketones is 2. The lowest BCUT2D eigenvalue weighted by molar-refractivity contribution is -0.115. The predicted molar refractivity (Wildman–Crippen MR) is 109 cm³/mol. The number of nitrogens with zero attached hydrogens (tertiary/aromatic N) is 2.